The van der Waals surface area contributed by atoms with Crippen LogP contribution in [0.3, 0.4) is 0 Å². The minimum Gasteiger partial charge on any atom is -0.452 e. The van der Waals surface area contributed by atoms with Crippen molar-refractivity contribution < 1.29 is 27.5 Å². The van der Waals surface area contributed by atoms with E-state index in [1.54, 1.807) is 0 Å². The van der Waals surface area contributed by atoms with E-state index in [1.165, 1.54) is 48.5 Å². The molecule has 0 radical (unpaired) electrons. The second-order valence-electron chi connectivity index (χ2n) is 5.43. The topological polar surface area (TPSA) is 145 Å². The minimum atomic E-state index is -3.95. The highest BCUT2D eigenvalue weighted by atomic mass is 32.2. The van der Waals surface area contributed by atoms with Crippen LogP contribution in [0, 0.1) is 0 Å². The highest BCUT2D eigenvalue weighted by Crippen LogP contribution is 2.14. The highest BCUT2D eigenvalue weighted by Gasteiger charge is 2.15. The van der Waals surface area contributed by atoms with Crippen molar-refractivity contribution in [3.63, 3.8) is 0 Å². The normalized spacial score (nSPS) is 10.7. The van der Waals surface area contributed by atoms with E-state index >= 15 is 0 Å². The maximum absolute atomic E-state index is 11.8. The molecule has 2 aromatic carbocycles. The van der Waals surface area contributed by atoms with Gasteiger partial charge in [-0.25, -0.2) is 17.9 Å². The van der Waals surface area contributed by atoms with E-state index in [-0.39, 0.29) is 10.5 Å². The molecule has 2 rings (SSSR count). The minimum absolute atomic E-state index is 0.134. The maximum atomic E-state index is 11.8. The van der Waals surface area contributed by atoms with E-state index < -0.39 is 34.4 Å². The van der Waals surface area contributed by atoms with Gasteiger partial charge in [0.05, 0.1) is 10.5 Å². The van der Waals surface area contributed by atoms with Gasteiger partial charge in [-0.05, 0) is 48.5 Å². The van der Waals surface area contributed by atoms with Gasteiger partial charge in [-0.15, -0.1) is 0 Å². The fourth-order valence-electron chi connectivity index (χ4n) is 2.00. The average Bonchev–Trinajstić information content (AvgIpc) is 2.59. The molecule has 0 spiro atoms. The molecule has 2 aromatic rings. The van der Waals surface area contributed by atoms with Crippen LogP contribution in [0.25, 0.3) is 0 Å². The van der Waals surface area contributed by atoms with Crippen LogP contribution in [0.4, 0.5) is 11.4 Å². The predicted octanol–water partition coefficient (Wildman–Crippen LogP) is 0.889. The molecule has 142 valence electrons. The number of sulfonamides is 1. The molecule has 0 atom stereocenters. The number of rotatable bonds is 6. The van der Waals surface area contributed by atoms with E-state index in [2.05, 4.69) is 5.32 Å². The molecule has 10 heteroatoms. The van der Waals surface area contributed by atoms with Crippen LogP contribution in [0.2, 0.25) is 0 Å². The van der Waals surface area contributed by atoms with E-state index in [0.29, 0.717) is 11.4 Å². The SMILES string of the molecule is CC(=O)NS(=O)(=O)c1ccc(NC(=O)COC(=O)c2ccc(N)cc2)cc1. The monoisotopic (exact) mass is 391 g/mol. The van der Waals surface area contributed by atoms with Gasteiger partial charge in [-0.2, -0.15) is 0 Å². The van der Waals surface area contributed by atoms with Crippen LogP contribution < -0.4 is 15.8 Å². The zero-order chi connectivity index (χ0) is 20.0. The summed E-state index contributed by atoms with van der Waals surface area (Å²) in [7, 11) is -3.95. The lowest BCUT2D eigenvalue weighted by Gasteiger charge is -2.08. The number of ether oxygens (including phenoxy) is 1. The first-order valence-corrected chi connectivity index (χ1v) is 9.11. The number of carbonyl (C=O) groups is 3. The zero-order valence-electron chi connectivity index (χ0n) is 14.3. The molecule has 0 aliphatic heterocycles. The molecule has 9 nitrogen and oxygen atoms in total. The van der Waals surface area contributed by atoms with Crippen LogP contribution in [-0.2, 0) is 24.3 Å². The largest absolute Gasteiger partial charge is 0.452 e. The van der Waals surface area contributed by atoms with E-state index in [4.69, 9.17) is 10.5 Å². The van der Waals surface area contributed by atoms with Gasteiger partial charge in [-0.3, -0.25) is 9.59 Å². The summed E-state index contributed by atoms with van der Waals surface area (Å²) in [4.78, 5) is 34.4. The summed E-state index contributed by atoms with van der Waals surface area (Å²) in [6, 6.07) is 11.2. The number of anilines is 2. The molecular weight excluding hydrogens is 374 g/mol. The number of benzene rings is 2. The van der Waals surface area contributed by atoms with Crippen LogP contribution in [-0.4, -0.2) is 32.8 Å². The molecular formula is C17H17N3O6S. The molecule has 0 fully saturated rings. The maximum Gasteiger partial charge on any atom is 0.338 e. The first-order chi connectivity index (χ1) is 12.7. The van der Waals surface area contributed by atoms with Gasteiger partial charge in [0, 0.05) is 18.3 Å². The number of hydrogen-bond acceptors (Lipinski definition) is 7. The van der Waals surface area contributed by atoms with E-state index in [9.17, 15) is 22.8 Å². The number of nitrogens with two attached hydrogens (primary N) is 1. The lowest BCUT2D eigenvalue weighted by atomic mass is 10.2. The van der Waals surface area contributed by atoms with Crippen molar-refractivity contribution in [2.45, 2.75) is 11.8 Å². The first-order valence-electron chi connectivity index (χ1n) is 7.63. The number of nitrogen functional groups attached to an aromatic ring is 1. The molecule has 4 N–H and O–H groups in total. The van der Waals surface area contributed by atoms with E-state index in [0.717, 1.165) is 6.92 Å². The Bertz CT molecular complexity index is 953. The van der Waals surface area contributed by atoms with Crippen molar-refractivity contribution in [2.24, 2.45) is 0 Å². The quantitative estimate of drug-likeness (QED) is 0.490. The molecule has 0 saturated carbocycles. The lowest BCUT2D eigenvalue weighted by Crippen LogP contribution is -2.28. The molecule has 0 aliphatic carbocycles. The second kappa shape index (κ2) is 8.32. The molecule has 0 saturated heterocycles. The van der Waals surface area contributed by atoms with Crippen LogP contribution in [0.1, 0.15) is 17.3 Å². The molecule has 0 bridgehead atoms. The zero-order valence-corrected chi connectivity index (χ0v) is 15.1. The Balaban J connectivity index is 1.91. The van der Waals surface area contributed by atoms with Crippen LogP contribution >= 0.6 is 0 Å². The highest BCUT2D eigenvalue weighted by molar-refractivity contribution is 7.90. The van der Waals surface area contributed by atoms with Gasteiger partial charge in [-0.1, -0.05) is 0 Å². The van der Waals surface area contributed by atoms with Gasteiger partial charge in [0.25, 0.3) is 15.9 Å². The average molecular weight is 391 g/mol. The standard InChI is InChI=1S/C17H17N3O6S/c1-11(21)20-27(24,25)15-8-6-14(7-9-15)19-16(22)10-26-17(23)12-2-4-13(18)5-3-12/h2-9H,10,18H2,1H3,(H,19,22)(H,20,21). The third-order valence-corrected chi connectivity index (χ3v) is 4.66. The summed E-state index contributed by atoms with van der Waals surface area (Å²) in [5, 5.41) is 2.46. The van der Waals surface area contributed by atoms with Crippen molar-refractivity contribution in [1.82, 2.24) is 4.72 Å². The Hall–Kier alpha value is -3.40. The Kier molecular flexibility index (Phi) is 6.14. The predicted molar refractivity (Wildman–Crippen MR) is 97.2 cm³/mol. The Morgan fingerprint density at radius 3 is 2.15 bits per heavy atom. The lowest BCUT2D eigenvalue weighted by molar-refractivity contribution is -0.119. The third-order valence-electron chi connectivity index (χ3n) is 3.21. The number of nitrogens with one attached hydrogen (secondary N) is 2. The summed E-state index contributed by atoms with van der Waals surface area (Å²) < 4.78 is 30.4. The third kappa shape index (κ3) is 5.82. The molecule has 0 unspecified atom stereocenters. The molecule has 27 heavy (non-hydrogen) atoms. The summed E-state index contributed by atoms with van der Waals surface area (Å²) >= 11 is 0. The smallest absolute Gasteiger partial charge is 0.338 e. The fourth-order valence-corrected chi connectivity index (χ4v) is 2.99. The van der Waals surface area contributed by atoms with Gasteiger partial charge >= 0.3 is 5.97 Å². The van der Waals surface area contributed by atoms with Crippen molar-refractivity contribution in [2.75, 3.05) is 17.7 Å². The molecule has 0 heterocycles. The van der Waals surface area contributed by atoms with Crippen LogP contribution in [0.5, 0.6) is 0 Å². The van der Waals surface area contributed by atoms with Crippen molar-refractivity contribution >= 4 is 39.2 Å². The summed E-state index contributed by atoms with van der Waals surface area (Å²) in [6.07, 6.45) is 0. The summed E-state index contributed by atoms with van der Waals surface area (Å²) in [5.74, 6) is -1.99. The van der Waals surface area contributed by atoms with Crippen molar-refractivity contribution in [1.29, 1.82) is 0 Å². The molecule has 2 amide bonds. The van der Waals surface area contributed by atoms with Gasteiger partial charge < -0.3 is 15.8 Å². The number of carbonyl (C=O) groups excluding carboxylic acids is 3. The number of amides is 2. The molecule has 0 aliphatic rings. The van der Waals surface area contributed by atoms with Gasteiger partial charge in [0.2, 0.25) is 5.91 Å². The molecule has 0 aromatic heterocycles. The first kappa shape index (κ1) is 19.9. The Labute approximate surface area is 155 Å². The number of hydrogen-bond donors (Lipinski definition) is 3. The Morgan fingerprint density at radius 2 is 1.59 bits per heavy atom. The van der Waals surface area contributed by atoms with Gasteiger partial charge in [0.1, 0.15) is 0 Å². The number of esters is 1. The second-order valence-corrected chi connectivity index (χ2v) is 7.11. The summed E-state index contributed by atoms with van der Waals surface area (Å²) in [6.45, 7) is 0.562. The van der Waals surface area contributed by atoms with Crippen molar-refractivity contribution in [3.8, 4) is 0 Å². The fraction of sp³-hybridized carbons (Fsp3) is 0.118. The van der Waals surface area contributed by atoms with Gasteiger partial charge in [0.15, 0.2) is 6.61 Å². The Morgan fingerprint density at radius 1 is 1.00 bits per heavy atom. The van der Waals surface area contributed by atoms with Crippen LogP contribution in [0.15, 0.2) is 53.4 Å². The summed E-state index contributed by atoms with van der Waals surface area (Å²) in [5.41, 5.74) is 6.57. The van der Waals surface area contributed by atoms with Crippen molar-refractivity contribution in [3.05, 3.63) is 54.1 Å². The van der Waals surface area contributed by atoms with E-state index in [1.807, 2.05) is 4.72 Å².